The van der Waals surface area contributed by atoms with Crippen LogP contribution in [-0.2, 0) is 48.1 Å². The van der Waals surface area contributed by atoms with E-state index >= 15 is 0 Å². The first-order chi connectivity index (χ1) is 22.3. The lowest BCUT2D eigenvalue weighted by Gasteiger charge is -2.16. The van der Waals surface area contributed by atoms with Crippen molar-refractivity contribution in [3.8, 4) is 11.5 Å². The minimum atomic E-state index is -0.985. The molecule has 0 bridgehead atoms. The molecule has 0 aliphatic heterocycles. The molecule has 8 nitrogen and oxygen atoms in total. The van der Waals surface area contributed by atoms with Gasteiger partial charge in [-0.1, -0.05) is 71.8 Å². The fourth-order valence-electron chi connectivity index (χ4n) is 4.50. The number of carbonyl (C=O) groups is 2. The summed E-state index contributed by atoms with van der Waals surface area (Å²) in [5, 5.41) is 18.1. The fourth-order valence-corrected chi connectivity index (χ4v) is 7.16. The first-order valence-electron chi connectivity index (χ1n) is 15.4. The summed E-state index contributed by atoms with van der Waals surface area (Å²) in [4.78, 5) is 33.0. The molecule has 2 atom stereocenters. The van der Waals surface area contributed by atoms with Crippen molar-refractivity contribution in [3.05, 3.63) is 119 Å². The monoisotopic (exact) mass is 660 g/mol. The summed E-state index contributed by atoms with van der Waals surface area (Å²) in [5.41, 5.74) is 6.00. The van der Waals surface area contributed by atoms with Gasteiger partial charge >= 0.3 is 11.9 Å². The van der Waals surface area contributed by atoms with Crippen molar-refractivity contribution in [1.82, 2.24) is 9.97 Å². The lowest BCUT2D eigenvalue weighted by molar-refractivity contribution is -0.137. The zero-order chi connectivity index (χ0) is 32.7. The van der Waals surface area contributed by atoms with E-state index in [-0.39, 0.29) is 12.8 Å². The Morgan fingerprint density at radius 1 is 0.609 bits per heavy atom. The number of aliphatic carboxylic acids is 2. The number of benzene rings is 2. The van der Waals surface area contributed by atoms with Crippen molar-refractivity contribution < 1.29 is 29.3 Å². The fraction of sp³-hybridized carbons (Fsp3) is 0.333. The molecule has 0 spiro atoms. The predicted molar refractivity (Wildman–Crippen MR) is 184 cm³/mol. The lowest BCUT2D eigenvalue weighted by Crippen LogP contribution is -2.22. The zero-order valence-electron chi connectivity index (χ0n) is 26.1. The second kappa shape index (κ2) is 18.2. The number of pyridine rings is 2. The van der Waals surface area contributed by atoms with E-state index in [0.717, 1.165) is 56.9 Å². The number of aromatic nitrogens is 2. The topological polar surface area (TPSA) is 119 Å². The molecule has 46 heavy (non-hydrogen) atoms. The minimum Gasteiger partial charge on any atom is -0.493 e. The predicted octanol–water partition coefficient (Wildman–Crippen LogP) is 6.92. The summed E-state index contributed by atoms with van der Waals surface area (Å²) in [6.07, 6.45) is 7.59. The molecule has 0 fully saturated rings. The molecule has 2 N–H and O–H groups in total. The number of carboxylic acids is 2. The van der Waals surface area contributed by atoms with Gasteiger partial charge in [-0.05, 0) is 84.3 Å². The lowest BCUT2D eigenvalue weighted by atomic mass is 10.1. The van der Waals surface area contributed by atoms with Gasteiger partial charge in [0.2, 0.25) is 0 Å². The Labute approximate surface area is 278 Å². The van der Waals surface area contributed by atoms with Crippen LogP contribution in [0.3, 0.4) is 0 Å². The van der Waals surface area contributed by atoms with Crippen molar-refractivity contribution in [2.75, 3.05) is 13.2 Å². The highest BCUT2D eigenvalue weighted by molar-refractivity contribution is 8.77. The molecule has 2 aromatic carbocycles. The van der Waals surface area contributed by atoms with Crippen molar-refractivity contribution in [3.63, 3.8) is 0 Å². The third-order valence-corrected chi connectivity index (χ3v) is 10.4. The molecule has 0 unspecified atom stereocenters. The highest BCUT2D eigenvalue weighted by Crippen LogP contribution is 2.35. The van der Waals surface area contributed by atoms with Crippen LogP contribution < -0.4 is 9.47 Å². The Morgan fingerprint density at radius 3 is 1.28 bits per heavy atom. The number of aryl methyl sites for hydroxylation is 2. The van der Waals surface area contributed by atoms with Gasteiger partial charge < -0.3 is 19.7 Å². The standard InChI is InChI=1S/C36H40N2O6S2/c1-3-25-5-11-29(37-23-25)17-19-43-31-13-7-27(8-14-31)21-33(35(39)40)45-46-34(36(41)42)22-28-9-15-32(16-10-28)44-20-18-30-12-6-26(4-2)24-38-30/h5-16,23-24,33-34H,3-4,17-22H2,1-2H3,(H,39,40)(H,41,42)/t33-,34+. The maximum absolute atomic E-state index is 12.0. The van der Waals surface area contributed by atoms with Gasteiger partial charge in [-0.15, -0.1) is 0 Å². The van der Waals surface area contributed by atoms with Crippen LogP contribution in [0.25, 0.3) is 0 Å². The largest absolute Gasteiger partial charge is 0.493 e. The van der Waals surface area contributed by atoms with Crippen LogP contribution in [0.15, 0.2) is 85.2 Å². The number of ether oxygens (including phenoxy) is 2. The highest BCUT2D eigenvalue weighted by Gasteiger charge is 2.25. The van der Waals surface area contributed by atoms with Gasteiger partial charge in [-0.3, -0.25) is 19.6 Å². The molecular weight excluding hydrogens is 621 g/mol. The summed E-state index contributed by atoms with van der Waals surface area (Å²) in [6, 6.07) is 22.9. The van der Waals surface area contributed by atoms with Crippen LogP contribution in [0, 0.1) is 0 Å². The SMILES string of the molecule is CCc1ccc(CCOc2ccc(C[C@H](SS[C@H](Cc3ccc(OCCc4ccc(CC)cn4)cc3)C(=O)O)C(=O)O)cc2)nc1. The van der Waals surface area contributed by atoms with E-state index in [9.17, 15) is 19.8 Å². The van der Waals surface area contributed by atoms with Gasteiger partial charge in [0.25, 0.3) is 0 Å². The van der Waals surface area contributed by atoms with E-state index in [1.54, 1.807) is 0 Å². The molecule has 4 rings (SSSR count). The average Bonchev–Trinajstić information content (AvgIpc) is 3.07. The molecule has 0 radical (unpaired) electrons. The van der Waals surface area contributed by atoms with E-state index < -0.39 is 22.4 Å². The van der Waals surface area contributed by atoms with Crippen LogP contribution >= 0.6 is 21.6 Å². The summed E-state index contributed by atoms with van der Waals surface area (Å²) in [5.74, 6) is -0.573. The van der Waals surface area contributed by atoms with Crippen LogP contribution in [0.2, 0.25) is 0 Å². The van der Waals surface area contributed by atoms with Crippen LogP contribution in [-0.4, -0.2) is 55.8 Å². The molecule has 4 aromatic rings. The zero-order valence-corrected chi connectivity index (χ0v) is 27.8. The molecule has 0 saturated carbocycles. The Bertz CT molecular complexity index is 1400. The number of hydrogen-bond donors (Lipinski definition) is 2. The van der Waals surface area contributed by atoms with Gasteiger partial charge in [0, 0.05) is 36.6 Å². The smallest absolute Gasteiger partial charge is 0.317 e. The number of carboxylic acid groups (broad SMARTS) is 2. The van der Waals surface area contributed by atoms with Gasteiger partial charge in [-0.2, -0.15) is 0 Å². The van der Waals surface area contributed by atoms with Crippen molar-refractivity contribution in [2.45, 2.75) is 62.9 Å². The van der Waals surface area contributed by atoms with E-state index in [2.05, 4.69) is 35.9 Å². The maximum Gasteiger partial charge on any atom is 0.317 e. The summed E-state index contributed by atoms with van der Waals surface area (Å²) < 4.78 is 11.7. The van der Waals surface area contributed by atoms with Gasteiger partial charge in [0.15, 0.2) is 0 Å². The van der Waals surface area contributed by atoms with E-state index in [0.29, 0.717) is 37.6 Å². The van der Waals surface area contributed by atoms with Gasteiger partial charge in [0.1, 0.15) is 22.0 Å². The van der Waals surface area contributed by atoms with Crippen LogP contribution in [0.4, 0.5) is 0 Å². The average molecular weight is 661 g/mol. The molecule has 0 aliphatic carbocycles. The van der Waals surface area contributed by atoms with Crippen molar-refractivity contribution >= 4 is 33.5 Å². The first-order valence-corrected chi connectivity index (χ1v) is 17.7. The first kappa shape index (κ1) is 34.8. The quantitative estimate of drug-likeness (QED) is 0.103. The molecule has 2 heterocycles. The molecule has 2 aromatic heterocycles. The minimum absolute atomic E-state index is 0.262. The van der Waals surface area contributed by atoms with E-state index in [1.165, 1.54) is 11.1 Å². The summed E-state index contributed by atoms with van der Waals surface area (Å²) >= 11 is 0. The second-order valence-electron chi connectivity index (χ2n) is 10.8. The Kier molecular flexibility index (Phi) is 13.8. The number of nitrogens with zero attached hydrogens (tertiary/aromatic N) is 2. The summed E-state index contributed by atoms with van der Waals surface area (Å²) in [6.45, 7) is 5.16. The number of rotatable bonds is 19. The van der Waals surface area contributed by atoms with Gasteiger partial charge in [-0.25, -0.2) is 0 Å². The molecule has 242 valence electrons. The third kappa shape index (κ3) is 11.4. The second-order valence-corrected chi connectivity index (χ2v) is 13.4. The van der Waals surface area contributed by atoms with Crippen LogP contribution in [0.5, 0.6) is 11.5 Å². The molecule has 0 amide bonds. The molecule has 0 aliphatic rings. The Morgan fingerprint density at radius 2 is 0.978 bits per heavy atom. The van der Waals surface area contributed by atoms with Crippen molar-refractivity contribution in [1.29, 1.82) is 0 Å². The van der Waals surface area contributed by atoms with E-state index in [4.69, 9.17) is 9.47 Å². The third-order valence-electron chi connectivity index (χ3n) is 7.37. The molecule has 10 heteroatoms. The van der Waals surface area contributed by atoms with Crippen molar-refractivity contribution in [2.24, 2.45) is 0 Å². The van der Waals surface area contributed by atoms with Gasteiger partial charge in [0.05, 0.1) is 13.2 Å². The number of hydrogen-bond acceptors (Lipinski definition) is 8. The van der Waals surface area contributed by atoms with Crippen LogP contribution in [0.1, 0.15) is 47.5 Å². The van der Waals surface area contributed by atoms with E-state index in [1.807, 2.05) is 73.1 Å². The highest BCUT2D eigenvalue weighted by atomic mass is 33.1. The summed E-state index contributed by atoms with van der Waals surface area (Å²) in [7, 11) is 2.16. The molecular formula is C36H40N2O6S2. The normalized spacial score (nSPS) is 12.3. The maximum atomic E-state index is 12.0. The Hall–Kier alpha value is -4.02. The Balaban J connectivity index is 1.22. The molecule has 0 saturated heterocycles.